The van der Waals surface area contributed by atoms with Crippen LogP contribution in [0.2, 0.25) is 0 Å². The maximum absolute atomic E-state index is 5.72. The van der Waals surface area contributed by atoms with Crippen molar-refractivity contribution < 1.29 is 4.74 Å². The molecule has 0 spiro atoms. The number of hydrogen-bond acceptors (Lipinski definition) is 3. The van der Waals surface area contributed by atoms with Crippen molar-refractivity contribution in [1.29, 1.82) is 0 Å². The molecule has 0 aromatic heterocycles. The number of thiocarbonyl (C=S) groups is 1. The van der Waals surface area contributed by atoms with Gasteiger partial charge in [0.15, 0.2) is 0 Å². The van der Waals surface area contributed by atoms with Gasteiger partial charge in [0, 0.05) is 24.4 Å². The van der Waals surface area contributed by atoms with E-state index in [1.807, 2.05) is 19.1 Å². The Hall–Kier alpha value is -1.13. The van der Waals surface area contributed by atoms with Gasteiger partial charge in [-0.3, -0.25) is 0 Å². The van der Waals surface area contributed by atoms with Crippen LogP contribution >= 0.6 is 12.2 Å². The molecule has 0 saturated carbocycles. The lowest BCUT2D eigenvalue weighted by atomic mass is 10.1. The maximum atomic E-state index is 5.72. The number of aryl methyl sites for hydroxylation is 1. The predicted molar refractivity (Wildman–Crippen MR) is 76.6 cm³/mol. The van der Waals surface area contributed by atoms with Gasteiger partial charge in [-0.15, -0.1) is 0 Å². The summed E-state index contributed by atoms with van der Waals surface area (Å²) in [5.41, 5.74) is 8.77. The van der Waals surface area contributed by atoms with E-state index >= 15 is 0 Å². The molecule has 0 aliphatic rings. The Balaban J connectivity index is 2.94. The van der Waals surface area contributed by atoms with Gasteiger partial charge in [-0.1, -0.05) is 25.2 Å². The Labute approximate surface area is 108 Å². The second-order valence-electron chi connectivity index (χ2n) is 4.12. The van der Waals surface area contributed by atoms with E-state index in [0.717, 1.165) is 17.7 Å². The van der Waals surface area contributed by atoms with Gasteiger partial charge in [0.1, 0.15) is 4.99 Å². The molecule has 0 aliphatic carbocycles. The Morgan fingerprint density at radius 3 is 2.76 bits per heavy atom. The summed E-state index contributed by atoms with van der Waals surface area (Å²) in [6.07, 6.45) is 0.985. The highest BCUT2D eigenvalue weighted by Gasteiger charge is 2.10. The second-order valence-corrected chi connectivity index (χ2v) is 4.56. The van der Waals surface area contributed by atoms with Crippen LogP contribution in [0.1, 0.15) is 24.5 Å². The first-order valence-electron chi connectivity index (χ1n) is 5.74. The van der Waals surface area contributed by atoms with Gasteiger partial charge in [-0.25, -0.2) is 0 Å². The van der Waals surface area contributed by atoms with Crippen molar-refractivity contribution in [1.82, 2.24) is 0 Å². The number of nitrogens with two attached hydrogens (primary N) is 1. The van der Waals surface area contributed by atoms with Crippen LogP contribution in [-0.2, 0) is 4.74 Å². The fourth-order valence-electron chi connectivity index (χ4n) is 1.68. The zero-order chi connectivity index (χ0) is 12.8. The standard InChI is InChI=1S/C13H20N2OS/c1-4-10(8-16-3)15-12-7-9(2)5-6-11(12)13(14)17/h5-7,10,15H,4,8H2,1-3H3,(H2,14,17). The van der Waals surface area contributed by atoms with E-state index in [0.29, 0.717) is 11.6 Å². The van der Waals surface area contributed by atoms with E-state index in [2.05, 4.69) is 18.3 Å². The predicted octanol–water partition coefficient (Wildman–Crippen LogP) is 2.47. The van der Waals surface area contributed by atoms with Crippen molar-refractivity contribution in [2.75, 3.05) is 19.0 Å². The van der Waals surface area contributed by atoms with Crippen molar-refractivity contribution in [3.05, 3.63) is 29.3 Å². The van der Waals surface area contributed by atoms with Gasteiger partial charge < -0.3 is 15.8 Å². The molecule has 1 aromatic rings. The summed E-state index contributed by atoms with van der Waals surface area (Å²) in [7, 11) is 1.70. The molecule has 0 fully saturated rings. The van der Waals surface area contributed by atoms with Gasteiger partial charge in [-0.2, -0.15) is 0 Å². The Kier molecular flexibility index (Phi) is 5.38. The van der Waals surface area contributed by atoms with Crippen LogP contribution in [0.15, 0.2) is 18.2 Å². The van der Waals surface area contributed by atoms with Crippen LogP contribution in [0.5, 0.6) is 0 Å². The number of hydrogen-bond donors (Lipinski definition) is 2. The number of nitrogens with one attached hydrogen (secondary N) is 1. The van der Waals surface area contributed by atoms with Crippen molar-refractivity contribution in [3.8, 4) is 0 Å². The molecular formula is C13H20N2OS. The summed E-state index contributed by atoms with van der Waals surface area (Å²) in [5.74, 6) is 0. The molecule has 3 N–H and O–H groups in total. The van der Waals surface area contributed by atoms with E-state index in [-0.39, 0.29) is 6.04 Å². The first kappa shape index (κ1) is 13.9. The third-order valence-electron chi connectivity index (χ3n) is 2.66. The van der Waals surface area contributed by atoms with Crippen molar-refractivity contribution in [2.24, 2.45) is 5.73 Å². The van der Waals surface area contributed by atoms with E-state index in [1.54, 1.807) is 7.11 Å². The lowest BCUT2D eigenvalue weighted by Crippen LogP contribution is -2.25. The van der Waals surface area contributed by atoms with Crippen LogP contribution in [0.25, 0.3) is 0 Å². The molecule has 0 heterocycles. The monoisotopic (exact) mass is 252 g/mol. The fraction of sp³-hybridized carbons (Fsp3) is 0.462. The van der Waals surface area contributed by atoms with Gasteiger partial charge in [-0.05, 0) is 31.0 Å². The summed E-state index contributed by atoms with van der Waals surface area (Å²) in [6, 6.07) is 6.30. The highest BCUT2D eigenvalue weighted by Crippen LogP contribution is 2.19. The van der Waals surface area contributed by atoms with Crippen molar-refractivity contribution in [2.45, 2.75) is 26.3 Å². The molecule has 17 heavy (non-hydrogen) atoms. The normalized spacial score (nSPS) is 12.2. The molecule has 94 valence electrons. The van der Waals surface area contributed by atoms with Gasteiger partial charge >= 0.3 is 0 Å². The smallest absolute Gasteiger partial charge is 0.106 e. The number of anilines is 1. The second kappa shape index (κ2) is 6.57. The summed E-state index contributed by atoms with van der Waals surface area (Å²) >= 11 is 5.05. The van der Waals surface area contributed by atoms with E-state index in [4.69, 9.17) is 22.7 Å². The topological polar surface area (TPSA) is 47.3 Å². The first-order chi connectivity index (χ1) is 8.08. The van der Waals surface area contributed by atoms with E-state index in [1.165, 1.54) is 5.56 Å². The zero-order valence-corrected chi connectivity index (χ0v) is 11.4. The summed E-state index contributed by atoms with van der Waals surface area (Å²) in [5, 5.41) is 3.43. The van der Waals surface area contributed by atoms with Crippen molar-refractivity contribution >= 4 is 22.9 Å². The summed E-state index contributed by atoms with van der Waals surface area (Å²) < 4.78 is 5.17. The lowest BCUT2D eigenvalue weighted by Gasteiger charge is -2.20. The van der Waals surface area contributed by atoms with Crippen LogP contribution in [0.4, 0.5) is 5.69 Å². The minimum atomic E-state index is 0.273. The van der Waals surface area contributed by atoms with Gasteiger partial charge in [0.05, 0.1) is 6.61 Å². The molecule has 0 bridgehead atoms. The van der Waals surface area contributed by atoms with Gasteiger partial charge in [0.2, 0.25) is 0 Å². The zero-order valence-electron chi connectivity index (χ0n) is 10.6. The van der Waals surface area contributed by atoms with Crippen LogP contribution in [0.3, 0.4) is 0 Å². The maximum Gasteiger partial charge on any atom is 0.106 e. The largest absolute Gasteiger partial charge is 0.389 e. The van der Waals surface area contributed by atoms with Crippen molar-refractivity contribution in [3.63, 3.8) is 0 Å². The highest BCUT2D eigenvalue weighted by atomic mass is 32.1. The Morgan fingerprint density at radius 2 is 2.24 bits per heavy atom. The van der Waals surface area contributed by atoms with Crippen LogP contribution in [0, 0.1) is 6.92 Å². The molecule has 0 radical (unpaired) electrons. The first-order valence-corrected chi connectivity index (χ1v) is 6.15. The Bertz CT molecular complexity index is 393. The summed E-state index contributed by atoms with van der Waals surface area (Å²) in [4.78, 5) is 0.416. The highest BCUT2D eigenvalue weighted by molar-refractivity contribution is 7.80. The number of benzene rings is 1. The molecule has 4 heteroatoms. The van der Waals surface area contributed by atoms with Crippen LogP contribution < -0.4 is 11.1 Å². The molecule has 0 saturated heterocycles. The molecule has 0 amide bonds. The third kappa shape index (κ3) is 3.98. The number of rotatable bonds is 6. The van der Waals surface area contributed by atoms with Gasteiger partial charge in [0.25, 0.3) is 0 Å². The molecule has 1 unspecified atom stereocenters. The Morgan fingerprint density at radius 1 is 1.53 bits per heavy atom. The molecular weight excluding hydrogens is 232 g/mol. The average molecular weight is 252 g/mol. The molecule has 3 nitrogen and oxygen atoms in total. The summed E-state index contributed by atoms with van der Waals surface area (Å²) in [6.45, 7) is 4.83. The average Bonchev–Trinajstić information content (AvgIpc) is 2.28. The number of methoxy groups -OCH3 is 1. The fourth-order valence-corrected chi connectivity index (χ4v) is 1.85. The van der Waals surface area contributed by atoms with E-state index in [9.17, 15) is 0 Å². The molecule has 1 aromatic carbocycles. The molecule has 1 rings (SSSR count). The molecule has 1 atom stereocenters. The third-order valence-corrected chi connectivity index (χ3v) is 2.88. The SMILES string of the molecule is CCC(COC)Nc1cc(C)ccc1C(N)=S. The lowest BCUT2D eigenvalue weighted by molar-refractivity contribution is 0.184. The minimum absolute atomic E-state index is 0.273. The molecule has 0 aliphatic heterocycles. The van der Waals surface area contributed by atoms with E-state index < -0.39 is 0 Å². The minimum Gasteiger partial charge on any atom is -0.389 e. The van der Waals surface area contributed by atoms with Crippen LogP contribution in [-0.4, -0.2) is 24.7 Å². The number of ether oxygens (including phenoxy) is 1. The quantitative estimate of drug-likeness (QED) is 0.764.